The molecule has 1 aromatic carbocycles. The maximum atomic E-state index is 13.0. The Morgan fingerprint density at radius 1 is 1.09 bits per heavy atom. The summed E-state index contributed by atoms with van der Waals surface area (Å²) < 4.78 is 7.47. The quantitative estimate of drug-likeness (QED) is 0.422. The van der Waals surface area contributed by atoms with Crippen LogP contribution in [-0.4, -0.2) is 28.8 Å². The van der Waals surface area contributed by atoms with Gasteiger partial charge in [-0.25, -0.2) is 4.79 Å². The average Bonchev–Trinajstić information content (AvgIpc) is 3.28. The van der Waals surface area contributed by atoms with Gasteiger partial charge in [0.05, 0.1) is 5.56 Å². The third-order valence-electron chi connectivity index (χ3n) is 5.75. The molecule has 2 heterocycles. The number of nitrogens with zero attached hydrogens (tertiary/aromatic N) is 1. The Bertz CT molecular complexity index is 1190. The normalized spacial score (nSPS) is 12.8. The van der Waals surface area contributed by atoms with Crippen LogP contribution in [0, 0.1) is 13.8 Å². The van der Waals surface area contributed by atoms with Crippen LogP contribution in [0.2, 0.25) is 0 Å². The van der Waals surface area contributed by atoms with Gasteiger partial charge in [-0.05, 0) is 63.3 Å². The molecule has 1 aliphatic carbocycles. The summed E-state index contributed by atoms with van der Waals surface area (Å²) in [5.41, 5.74) is 4.61. The zero-order chi connectivity index (χ0) is 22.8. The number of hydrogen-bond acceptors (Lipinski definition) is 5. The predicted molar refractivity (Wildman–Crippen MR) is 125 cm³/mol. The van der Waals surface area contributed by atoms with Crippen molar-refractivity contribution in [2.75, 3.05) is 11.9 Å². The Balaban J connectivity index is 1.54. The van der Waals surface area contributed by atoms with Crippen molar-refractivity contribution >= 4 is 34.0 Å². The number of carbonyl (C=O) groups is 3. The second-order valence-electron chi connectivity index (χ2n) is 8.05. The summed E-state index contributed by atoms with van der Waals surface area (Å²) >= 11 is 1.43. The van der Waals surface area contributed by atoms with E-state index in [0.29, 0.717) is 16.1 Å². The number of ketones is 1. The molecular weight excluding hydrogens is 424 g/mol. The highest BCUT2D eigenvalue weighted by atomic mass is 32.1. The van der Waals surface area contributed by atoms with Crippen molar-refractivity contribution in [3.8, 4) is 5.69 Å². The summed E-state index contributed by atoms with van der Waals surface area (Å²) in [7, 11) is 0. The van der Waals surface area contributed by atoms with E-state index in [4.69, 9.17) is 4.74 Å². The van der Waals surface area contributed by atoms with E-state index in [1.165, 1.54) is 18.3 Å². The van der Waals surface area contributed by atoms with Gasteiger partial charge in [-0.15, -0.1) is 11.3 Å². The van der Waals surface area contributed by atoms with Crippen LogP contribution in [0.25, 0.3) is 5.69 Å². The summed E-state index contributed by atoms with van der Waals surface area (Å²) in [5, 5.41) is 3.28. The fraction of sp³-hybridized carbons (Fsp3) is 0.320. The van der Waals surface area contributed by atoms with E-state index in [-0.39, 0.29) is 18.3 Å². The van der Waals surface area contributed by atoms with Crippen molar-refractivity contribution in [3.05, 3.63) is 69.4 Å². The minimum absolute atomic E-state index is 0.234. The number of esters is 1. The molecule has 0 atom stereocenters. The van der Waals surface area contributed by atoms with E-state index in [0.717, 1.165) is 53.2 Å². The molecule has 0 aliphatic heterocycles. The van der Waals surface area contributed by atoms with E-state index >= 15 is 0 Å². The first-order chi connectivity index (χ1) is 15.4. The third kappa shape index (κ3) is 4.25. The lowest BCUT2D eigenvalue weighted by molar-refractivity contribution is -0.114. The summed E-state index contributed by atoms with van der Waals surface area (Å²) in [5.74, 6) is -1.04. The summed E-state index contributed by atoms with van der Waals surface area (Å²) in [6.45, 7) is 4.90. The van der Waals surface area contributed by atoms with Gasteiger partial charge in [0.2, 0.25) is 11.7 Å². The number of aromatic nitrogens is 1. The molecule has 4 rings (SSSR count). The Kier molecular flexibility index (Phi) is 6.28. The Morgan fingerprint density at radius 2 is 1.81 bits per heavy atom. The first-order valence-electron chi connectivity index (χ1n) is 10.7. The number of thiophene rings is 1. The molecule has 7 heteroatoms. The van der Waals surface area contributed by atoms with Crippen molar-refractivity contribution in [1.29, 1.82) is 0 Å². The van der Waals surface area contributed by atoms with E-state index in [9.17, 15) is 14.4 Å². The predicted octanol–water partition coefficient (Wildman–Crippen LogP) is 5.03. The van der Waals surface area contributed by atoms with E-state index in [1.807, 2.05) is 54.8 Å². The number of rotatable bonds is 6. The average molecular weight is 451 g/mol. The molecule has 0 saturated heterocycles. The van der Waals surface area contributed by atoms with Crippen LogP contribution in [0.1, 0.15) is 62.3 Å². The van der Waals surface area contributed by atoms with Crippen LogP contribution in [-0.2, 0) is 22.4 Å². The minimum Gasteiger partial charge on any atom is -0.454 e. The minimum atomic E-state index is -0.557. The van der Waals surface area contributed by atoms with E-state index in [1.54, 1.807) is 0 Å². The number of aryl methyl sites for hydroxylation is 2. The van der Waals surface area contributed by atoms with Crippen LogP contribution in [0.15, 0.2) is 36.4 Å². The van der Waals surface area contributed by atoms with E-state index < -0.39 is 5.97 Å². The third-order valence-corrected chi connectivity index (χ3v) is 6.95. The largest absolute Gasteiger partial charge is 0.454 e. The molecule has 0 radical (unpaired) electrons. The maximum absolute atomic E-state index is 13.0. The molecule has 166 valence electrons. The molecule has 1 N–H and O–H groups in total. The summed E-state index contributed by atoms with van der Waals surface area (Å²) in [6.07, 6.45) is 3.73. The van der Waals surface area contributed by atoms with Gasteiger partial charge in [0.15, 0.2) is 6.61 Å². The number of Topliss-reactive ketones (excluding diaryl/α,β-unsaturated/α-hetero) is 1. The highest BCUT2D eigenvalue weighted by molar-refractivity contribution is 7.17. The maximum Gasteiger partial charge on any atom is 0.341 e. The lowest BCUT2D eigenvalue weighted by atomic mass is 9.95. The molecule has 3 aromatic rings. The van der Waals surface area contributed by atoms with E-state index in [2.05, 4.69) is 5.32 Å². The molecule has 0 spiro atoms. The SMILES string of the molecule is CC(=O)Nc1sc2c(c1C(=O)OCC(=O)c1cc(C)n(-c3ccccc3)c1C)CCCC2. The van der Waals surface area contributed by atoms with Crippen molar-refractivity contribution in [1.82, 2.24) is 4.57 Å². The van der Waals surface area contributed by atoms with Gasteiger partial charge in [-0.3, -0.25) is 9.59 Å². The number of ether oxygens (including phenoxy) is 1. The molecule has 1 aliphatic rings. The number of nitrogens with one attached hydrogen (secondary N) is 1. The van der Waals surface area contributed by atoms with Gasteiger partial charge in [-0.2, -0.15) is 0 Å². The molecular formula is C25H26N2O4S. The molecule has 32 heavy (non-hydrogen) atoms. The molecule has 6 nitrogen and oxygen atoms in total. The van der Waals surface area contributed by atoms with Crippen molar-refractivity contribution in [2.45, 2.75) is 46.5 Å². The monoisotopic (exact) mass is 450 g/mol. The van der Waals surface area contributed by atoms with Gasteiger partial charge in [0.1, 0.15) is 5.00 Å². The second kappa shape index (κ2) is 9.12. The Labute approximate surface area is 191 Å². The number of anilines is 1. The number of benzene rings is 1. The smallest absolute Gasteiger partial charge is 0.341 e. The lowest BCUT2D eigenvalue weighted by Gasteiger charge is -2.13. The molecule has 0 unspecified atom stereocenters. The van der Waals surface area contributed by atoms with Crippen LogP contribution >= 0.6 is 11.3 Å². The molecule has 0 bridgehead atoms. The van der Waals surface area contributed by atoms with Crippen LogP contribution in [0.4, 0.5) is 5.00 Å². The zero-order valence-electron chi connectivity index (χ0n) is 18.5. The number of hydrogen-bond donors (Lipinski definition) is 1. The Hall–Kier alpha value is -3.19. The van der Waals surface area contributed by atoms with Gasteiger partial charge < -0.3 is 14.6 Å². The molecule has 1 amide bonds. The molecule has 2 aromatic heterocycles. The van der Waals surface area contributed by atoms with Crippen molar-refractivity contribution in [3.63, 3.8) is 0 Å². The lowest BCUT2D eigenvalue weighted by Crippen LogP contribution is -2.18. The highest BCUT2D eigenvalue weighted by Crippen LogP contribution is 2.38. The Morgan fingerprint density at radius 3 is 2.53 bits per heavy atom. The first kappa shape index (κ1) is 22.0. The van der Waals surface area contributed by atoms with Gasteiger partial charge in [0, 0.05) is 34.4 Å². The number of para-hydroxylation sites is 1. The fourth-order valence-corrected chi connectivity index (χ4v) is 5.65. The first-order valence-corrected chi connectivity index (χ1v) is 11.5. The second-order valence-corrected chi connectivity index (χ2v) is 9.16. The van der Waals surface area contributed by atoms with Crippen LogP contribution in [0.3, 0.4) is 0 Å². The summed E-state index contributed by atoms with van der Waals surface area (Å²) in [4.78, 5) is 38.6. The molecule has 0 saturated carbocycles. The number of carbonyl (C=O) groups excluding carboxylic acids is 3. The topological polar surface area (TPSA) is 77.4 Å². The summed E-state index contributed by atoms with van der Waals surface area (Å²) in [6, 6.07) is 11.6. The zero-order valence-corrected chi connectivity index (χ0v) is 19.3. The van der Waals surface area contributed by atoms with Crippen molar-refractivity contribution < 1.29 is 19.1 Å². The number of amides is 1. The van der Waals surface area contributed by atoms with Gasteiger partial charge >= 0.3 is 5.97 Å². The number of fused-ring (bicyclic) bond motifs is 1. The van der Waals surface area contributed by atoms with Gasteiger partial charge in [0.25, 0.3) is 0 Å². The van der Waals surface area contributed by atoms with Crippen LogP contribution in [0.5, 0.6) is 0 Å². The molecule has 0 fully saturated rings. The van der Waals surface area contributed by atoms with Crippen molar-refractivity contribution in [2.24, 2.45) is 0 Å². The highest BCUT2D eigenvalue weighted by Gasteiger charge is 2.28. The standard InChI is InChI=1S/C25H26N2O4S/c1-15-13-20(16(2)27(15)18-9-5-4-6-10-18)21(29)14-31-25(30)23-19-11-7-8-12-22(19)32-24(23)26-17(3)28/h4-6,9-10,13H,7-8,11-12,14H2,1-3H3,(H,26,28). The fourth-order valence-electron chi connectivity index (χ4n) is 4.33. The van der Waals surface area contributed by atoms with Crippen LogP contribution < -0.4 is 5.32 Å². The van der Waals surface area contributed by atoms with Gasteiger partial charge in [-0.1, -0.05) is 18.2 Å².